The van der Waals surface area contributed by atoms with Gasteiger partial charge >= 0.3 is 11.9 Å². The topological polar surface area (TPSA) is 91.5 Å². The van der Waals surface area contributed by atoms with Gasteiger partial charge in [0.15, 0.2) is 0 Å². The molecular formula is C19H16N2O5. The molecule has 0 radical (unpaired) electrons. The first-order valence-electron chi connectivity index (χ1n) is 7.81. The van der Waals surface area contributed by atoms with Crippen LogP contribution in [0.3, 0.4) is 0 Å². The first-order valence-corrected chi connectivity index (χ1v) is 7.81. The minimum absolute atomic E-state index is 0.0929. The van der Waals surface area contributed by atoms with E-state index in [-0.39, 0.29) is 6.61 Å². The molecule has 0 N–H and O–H groups in total. The normalized spacial score (nSPS) is 11.0. The Labute approximate surface area is 149 Å². The second-order valence-electron chi connectivity index (χ2n) is 5.40. The summed E-state index contributed by atoms with van der Waals surface area (Å²) in [5.74, 6) is -0.299. The maximum atomic E-state index is 11.8. The number of benzene rings is 1. The van der Waals surface area contributed by atoms with Crippen LogP contribution in [0.5, 0.6) is 0 Å². The van der Waals surface area contributed by atoms with E-state index >= 15 is 0 Å². The Hall–Kier alpha value is -3.48. The van der Waals surface area contributed by atoms with Gasteiger partial charge in [-0.3, -0.25) is 4.98 Å². The Morgan fingerprint density at radius 1 is 1.23 bits per heavy atom. The van der Waals surface area contributed by atoms with E-state index in [1.165, 1.54) is 25.3 Å². The zero-order chi connectivity index (χ0) is 18.5. The molecule has 132 valence electrons. The molecule has 7 nitrogen and oxygen atoms in total. The second-order valence-corrected chi connectivity index (χ2v) is 5.40. The molecule has 0 atom stereocenters. The summed E-state index contributed by atoms with van der Waals surface area (Å²) in [7, 11) is 1.29. The zero-order valence-corrected chi connectivity index (χ0v) is 14.3. The third kappa shape index (κ3) is 3.94. The van der Waals surface area contributed by atoms with E-state index in [9.17, 15) is 9.59 Å². The number of para-hydroxylation sites is 2. The van der Waals surface area contributed by atoms with Gasteiger partial charge in [0.2, 0.25) is 0 Å². The highest BCUT2D eigenvalue weighted by Gasteiger charge is 2.15. The summed E-state index contributed by atoms with van der Waals surface area (Å²) < 4.78 is 15.1. The lowest BCUT2D eigenvalue weighted by molar-refractivity contribution is -0.139. The number of hydrogen-bond acceptors (Lipinski definition) is 7. The monoisotopic (exact) mass is 352 g/mol. The Morgan fingerprint density at radius 3 is 2.77 bits per heavy atom. The van der Waals surface area contributed by atoms with Crippen molar-refractivity contribution in [2.75, 3.05) is 7.11 Å². The van der Waals surface area contributed by atoms with Crippen LogP contribution in [0, 0.1) is 6.92 Å². The standard InChI is InChI=1S/C19H16N2O5/c1-12-15(19(23)24-2)9-14(26-12)11-25-18(22)8-7-13-10-20-16-5-3-4-6-17(16)21-13/h3-10H,11H2,1-2H3/b8-7+. The molecule has 26 heavy (non-hydrogen) atoms. The largest absolute Gasteiger partial charge is 0.465 e. The van der Waals surface area contributed by atoms with Crippen molar-refractivity contribution in [3.8, 4) is 0 Å². The van der Waals surface area contributed by atoms with Gasteiger partial charge in [0.1, 0.15) is 23.7 Å². The number of ether oxygens (including phenoxy) is 2. The molecule has 1 aromatic carbocycles. The van der Waals surface area contributed by atoms with Gasteiger partial charge < -0.3 is 13.9 Å². The smallest absolute Gasteiger partial charge is 0.341 e. The van der Waals surface area contributed by atoms with Gasteiger partial charge in [0, 0.05) is 6.08 Å². The number of nitrogens with zero attached hydrogens (tertiary/aromatic N) is 2. The number of fused-ring (bicyclic) bond motifs is 1. The SMILES string of the molecule is COC(=O)c1cc(COC(=O)/C=C/c2cnc3ccccc3n2)oc1C. The number of hydrogen-bond donors (Lipinski definition) is 0. The molecular weight excluding hydrogens is 336 g/mol. The molecule has 0 aliphatic carbocycles. The highest BCUT2D eigenvalue weighted by atomic mass is 16.5. The first-order chi connectivity index (χ1) is 12.6. The molecule has 0 fully saturated rings. The average molecular weight is 352 g/mol. The van der Waals surface area contributed by atoms with Gasteiger partial charge in [-0.25, -0.2) is 14.6 Å². The van der Waals surface area contributed by atoms with Gasteiger partial charge in [-0.2, -0.15) is 0 Å². The maximum absolute atomic E-state index is 11.8. The summed E-state index contributed by atoms with van der Waals surface area (Å²) in [4.78, 5) is 32.0. The van der Waals surface area contributed by atoms with Gasteiger partial charge in [0.05, 0.1) is 30.0 Å². The molecule has 0 bridgehead atoms. The Balaban J connectivity index is 1.61. The number of aromatic nitrogens is 2. The number of rotatable bonds is 5. The van der Waals surface area contributed by atoms with Crippen molar-refractivity contribution in [1.29, 1.82) is 0 Å². The van der Waals surface area contributed by atoms with Gasteiger partial charge in [0.25, 0.3) is 0 Å². The second kappa shape index (κ2) is 7.60. The van der Waals surface area contributed by atoms with E-state index in [0.717, 1.165) is 11.0 Å². The molecule has 7 heteroatoms. The molecule has 3 rings (SSSR count). The number of carbonyl (C=O) groups excluding carboxylic acids is 2. The quantitative estimate of drug-likeness (QED) is 0.515. The number of esters is 2. The van der Waals surface area contributed by atoms with Crippen LogP contribution >= 0.6 is 0 Å². The highest BCUT2D eigenvalue weighted by molar-refractivity contribution is 5.90. The predicted octanol–water partition coefficient (Wildman–Crippen LogP) is 3.07. The lowest BCUT2D eigenvalue weighted by atomic mass is 10.2. The highest BCUT2D eigenvalue weighted by Crippen LogP contribution is 2.16. The molecule has 2 aromatic heterocycles. The molecule has 0 saturated carbocycles. The Morgan fingerprint density at radius 2 is 2.00 bits per heavy atom. The van der Waals surface area contributed by atoms with Crippen molar-refractivity contribution in [3.63, 3.8) is 0 Å². The van der Waals surface area contributed by atoms with Crippen LogP contribution in [-0.4, -0.2) is 29.0 Å². The number of methoxy groups -OCH3 is 1. The summed E-state index contributed by atoms with van der Waals surface area (Å²) >= 11 is 0. The fraction of sp³-hybridized carbons (Fsp3) is 0.158. The Kier molecular flexibility index (Phi) is 5.07. The zero-order valence-electron chi connectivity index (χ0n) is 14.3. The molecule has 0 spiro atoms. The van der Waals surface area contributed by atoms with Crippen LogP contribution in [0.4, 0.5) is 0 Å². The average Bonchev–Trinajstić information content (AvgIpc) is 3.04. The lowest BCUT2D eigenvalue weighted by Gasteiger charge is -1.99. The Bertz CT molecular complexity index is 991. The van der Waals surface area contributed by atoms with Gasteiger partial charge in [-0.1, -0.05) is 12.1 Å². The number of furan rings is 1. The first kappa shape index (κ1) is 17.3. The van der Waals surface area contributed by atoms with Crippen molar-refractivity contribution >= 4 is 29.0 Å². The fourth-order valence-electron chi connectivity index (χ4n) is 2.32. The van der Waals surface area contributed by atoms with E-state index < -0.39 is 11.9 Å². The summed E-state index contributed by atoms with van der Waals surface area (Å²) in [5.41, 5.74) is 2.37. The van der Waals surface area contributed by atoms with E-state index in [4.69, 9.17) is 9.15 Å². The van der Waals surface area contributed by atoms with Crippen molar-refractivity contribution in [1.82, 2.24) is 9.97 Å². The molecule has 0 aliphatic heterocycles. The van der Waals surface area contributed by atoms with Crippen LogP contribution in [-0.2, 0) is 20.9 Å². The predicted molar refractivity (Wildman–Crippen MR) is 93.2 cm³/mol. The van der Waals surface area contributed by atoms with E-state index in [0.29, 0.717) is 22.8 Å². The third-order valence-corrected chi connectivity index (χ3v) is 3.59. The van der Waals surface area contributed by atoms with Crippen molar-refractivity contribution in [2.24, 2.45) is 0 Å². The van der Waals surface area contributed by atoms with Crippen LogP contribution in [0.1, 0.15) is 27.6 Å². The fourth-order valence-corrected chi connectivity index (χ4v) is 2.32. The third-order valence-electron chi connectivity index (χ3n) is 3.59. The van der Waals surface area contributed by atoms with Crippen molar-refractivity contribution < 1.29 is 23.5 Å². The maximum Gasteiger partial charge on any atom is 0.341 e. The summed E-state index contributed by atoms with van der Waals surface area (Å²) in [6, 6.07) is 8.94. The van der Waals surface area contributed by atoms with Crippen molar-refractivity contribution in [3.05, 3.63) is 65.4 Å². The molecule has 0 unspecified atom stereocenters. The summed E-state index contributed by atoms with van der Waals surface area (Å²) in [5, 5.41) is 0. The molecule has 2 heterocycles. The van der Waals surface area contributed by atoms with E-state index in [1.807, 2.05) is 24.3 Å². The van der Waals surface area contributed by atoms with Crippen LogP contribution in [0.25, 0.3) is 17.1 Å². The summed E-state index contributed by atoms with van der Waals surface area (Å²) in [6.45, 7) is 1.54. The van der Waals surface area contributed by atoms with Crippen molar-refractivity contribution in [2.45, 2.75) is 13.5 Å². The van der Waals surface area contributed by atoms with E-state index in [1.54, 1.807) is 13.1 Å². The molecule has 0 aliphatic rings. The molecule has 0 saturated heterocycles. The van der Waals surface area contributed by atoms with Gasteiger partial charge in [-0.05, 0) is 31.2 Å². The number of carbonyl (C=O) groups is 2. The summed E-state index contributed by atoms with van der Waals surface area (Å²) in [6.07, 6.45) is 4.36. The lowest BCUT2D eigenvalue weighted by Crippen LogP contribution is -2.01. The van der Waals surface area contributed by atoms with E-state index in [2.05, 4.69) is 14.7 Å². The van der Waals surface area contributed by atoms with Gasteiger partial charge in [-0.15, -0.1) is 0 Å². The number of aryl methyl sites for hydroxylation is 1. The molecule has 0 amide bonds. The van der Waals surface area contributed by atoms with Crippen LogP contribution in [0.2, 0.25) is 0 Å². The van der Waals surface area contributed by atoms with Crippen LogP contribution in [0.15, 0.2) is 47.0 Å². The molecule has 3 aromatic rings. The van der Waals surface area contributed by atoms with Crippen LogP contribution < -0.4 is 0 Å². The minimum atomic E-state index is -0.561. The minimum Gasteiger partial charge on any atom is -0.465 e.